The molecule has 3 amide bonds. The monoisotopic (exact) mass is 402 g/mol. The van der Waals surface area contributed by atoms with Gasteiger partial charge in [0.2, 0.25) is 17.7 Å². The zero-order chi connectivity index (χ0) is 21.5. The van der Waals surface area contributed by atoms with E-state index in [1.165, 1.54) is 7.05 Å². The largest absolute Gasteiger partial charge is 0.379 e. The second-order valence-electron chi connectivity index (χ2n) is 7.22. The van der Waals surface area contributed by atoms with Crippen LogP contribution in [0.3, 0.4) is 0 Å². The first-order valence-electron chi connectivity index (χ1n) is 9.89. The summed E-state index contributed by atoms with van der Waals surface area (Å²) in [5.74, 6) is -1.07. The van der Waals surface area contributed by atoms with E-state index in [-0.39, 0.29) is 36.7 Å². The van der Waals surface area contributed by atoms with Crippen molar-refractivity contribution >= 4 is 17.7 Å². The standard InChI is InChI=1S/C19H38N4O5/c1-13(2)17(19(26)22-15(5)18(25)20-6)23-16(24)7-9-27-11-12-28-10-8-21-14(3)4/h13-15,17,21H,7-12H2,1-6H3,(H,20,25)(H,22,26)(H,23,24)/t15-,17?/m0/s1. The van der Waals surface area contributed by atoms with Gasteiger partial charge < -0.3 is 30.7 Å². The molecule has 0 heterocycles. The molecule has 0 aliphatic heterocycles. The second kappa shape index (κ2) is 15.2. The van der Waals surface area contributed by atoms with Crippen LogP contribution in [0, 0.1) is 5.92 Å². The van der Waals surface area contributed by atoms with Gasteiger partial charge in [0, 0.05) is 26.1 Å². The van der Waals surface area contributed by atoms with Crippen LogP contribution < -0.4 is 21.3 Å². The van der Waals surface area contributed by atoms with Crippen LogP contribution in [-0.2, 0) is 23.9 Å². The van der Waals surface area contributed by atoms with E-state index >= 15 is 0 Å². The lowest BCUT2D eigenvalue weighted by atomic mass is 10.0. The van der Waals surface area contributed by atoms with Crippen molar-refractivity contribution in [2.45, 2.75) is 59.2 Å². The number of amides is 3. The quantitative estimate of drug-likeness (QED) is 0.282. The normalized spacial score (nSPS) is 13.3. The molecule has 0 rings (SSSR count). The summed E-state index contributed by atoms with van der Waals surface area (Å²) in [6, 6.07) is -0.951. The predicted molar refractivity (Wildman–Crippen MR) is 108 cm³/mol. The number of hydrogen-bond donors (Lipinski definition) is 4. The number of ether oxygens (including phenoxy) is 2. The van der Waals surface area contributed by atoms with Crippen molar-refractivity contribution in [2.75, 3.05) is 40.0 Å². The highest BCUT2D eigenvalue weighted by atomic mass is 16.5. The topological polar surface area (TPSA) is 118 Å². The third kappa shape index (κ3) is 12.6. The molecule has 0 saturated carbocycles. The molecule has 164 valence electrons. The fourth-order valence-electron chi connectivity index (χ4n) is 2.27. The lowest BCUT2D eigenvalue weighted by Crippen LogP contribution is -2.54. The molecule has 0 aromatic rings. The highest BCUT2D eigenvalue weighted by molar-refractivity contribution is 5.91. The van der Waals surface area contributed by atoms with Crippen LogP contribution in [0.25, 0.3) is 0 Å². The van der Waals surface area contributed by atoms with Gasteiger partial charge in [-0.3, -0.25) is 14.4 Å². The SMILES string of the molecule is CNC(=O)[C@H](C)NC(=O)C(NC(=O)CCOCCOCCNC(C)C)C(C)C. The summed E-state index contributed by atoms with van der Waals surface area (Å²) in [6.45, 7) is 11.9. The molecule has 9 heteroatoms. The summed E-state index contributed by atoms with van der Waals surface area (Å²) >= 11 is 0. The Bertz CT molecular complexity index is 471. The molecule has 0 aromatic heterocycles. The van der Waals surface area contributed by atoms with E-state index < -0.39 is 12.1 Å². The van der Waals surface area contributed by atoms with Gasteiger partial charge in [-0.2, -0.15) is 0 Å². The molecule has 0 spiro atoms. The molecular formula is C19H38N4O5. The Kier molecular flexibility index (Phi) is 14.3. The summed E-state index contributed by atoms with van der Waals surface area (Å²) in [5.41, 5.74) is 0. The van der Waals surface area contributed by atoms with Crippen LogP contribution >= 0.6 is 0 Å². The average molecular weight is 403 g/mol. The molecule has 2 atom stereocenters. The van der Waals surface area contributed by atoms with E-state index in [0.29, 0.717) is 25.9 Å². The number of rotatable bonds is 15. The zero-order valence-corrected chi connectivity index (χ0v) is 18.1. The molecule has 1 unspecified atom stereocenters. The van der Waals surface area contributed by atoms with Crippen LogP contribution in [0.4, 0.5) is 0 Å². The van der Waals surface area contributed by atoms with Crippen molar-refractivity contribution in [3.63, 3.8) is 0 Å². The minimum Gasteiger partial charge on any atom is -0.379 e. The Labute approximate surface area is 168 Å². The molecule has 0 aliphatic carbocycles. The van der Waals surface area contributed by atoms with Crippen molar-refractivity contribution in [3.05, 3.63) is 0 Å². The van der Waals surface area contributed by atoms with Crippen molar-refractivity contribution < 1.29 is 23.9 Å². The first kappa shape index (κ1) is 26.3. The average Bonchev–Trinajstić information content (AvgIpc) is 2.63. The van der Waals surface area contributed by atoms with Gasteiger partial charge in [-0.15, -0.1) is 0 Å². The van der Waals surface area contributed by atoms with Crippen molar-refractivity contribution in [3.8, 4) is 0 Å². The minimum absolute atomic E-state index is 0.116. The zero-order valence-electron chi connectivity index (χ0n) is 18.1. The molecule has 0 bridgehead atoms. The van der Waals surface area contributed by atoms with E-state index in [9.17, 15) is 14.4 Å². The molecule has 0 fully saturated rings. The first-order valence-corrected chi connectivity index (χ1v) is 9.89. The number of nitrogens with one attached hydrogen (secondary N) is 4. The smallest absolute Gasteiger partial charge is 0.243 e. The lowest BCUT2D eigenvalue weighted by Gasteiger charge is -2.23. The molecule has 0 aliphatic rings. The summed E-state index contributed by atoms with van der Waals surface area (Å²) in [7, 11) is 1.50. The van der Waals surface area contributed by atoms with Gasteiger partial charge in [0.1, 0.15) is 12.1 Å². The molecule has 0 radical (unpaired) electrons. The molecule has 0 aromatic carbocycles. The van der Waals surface area contributed by atoms with E-state index in [1.54, 1.807) is 6.92 Å². The first-order chi connectivity index (χ1) is 13.2. The second-order valence-corrected chi connectivity index (χ2v) is 7.22. The maximum Gasteiger partial charge on any atom is 0.243 e. The minimum atomic E-state index is -0.712. The van der Waals surface area contributed by atoms with Gasteiger partial charge in [-0.25, -0.2) is 0 Å². The summed E-state index contributed by atoms with van der Waals surface area (Å²) in [5, 5.41) is 11.0. The molecule has 0 saturated heterocycles. The fraction of sp³-hybridized carbons (Fsp3) is 0.842. The Morgan fingerprint density at radius 2 is 1.43 bits per heavy atom. The Hall–Kier alpha value is -1.71. The number of carbonyl (C=O) groups excluding carboxylic acids is 3. The molecular weight excluding hydrogens is 364 g/mol. The number of carbonyl (C=O) groups is 3. The number of hydrogen-bond acceptors (Lipinski definition) is 6. The van der Waals surface area contributed by atoms with Gasteiger partial charge in [0.25, 0.3) is 0 Å². The fourth-order valence-corrected chi connectivity index (χ4v) is 2.27. The van der Waals surface area contributed by atoms with Crippen LogP contribution in [0.15, 0.2) is 0 Å². The van der Waals surface area contributed by atoms with Crippen LogP contribution in [-0.4, -0.2) is 75.9 Å². The van der Waals surface area contributed by atoms with Gasteiger partial charge in [-0.1, -0.05) is 27.7 Å². The lowest BCUT2D eigenvalue weighted by molar-refractivity contribution is -0.133. The van der Waals surface area contributed by atoms with E-state index in [0.717, 1.165) is 6.54 Å². The van der Waals surface area contributed by atoms with E-state index in [4.69, 9.17) is 9.47 Å². The van der Waals surface area contributed by atoms with Crippen LogP contribution in [0.1, 0.15) is 41.0 Å². The van der Waals surface area contributed by atoms with Crippen molar-refractivity contribution in [1.82, 2.24) is 21.3 Å². The Morgan fingerprint density at radius 1 is 0.821 bits per heavy atom. The molecule has 9 nitrogen and oxygen atoms in total. The van der Waals surface area contributed by atoms with E-state index in [2.05, 4.69) is 35.1 Å². The van der Waals surface area contributed by atoms with Crippen LogP contribution in [0.2, 0.25) is 0 Å². The Morgan fingerprint density at radius 3 is 1.96 bits per heavy atom. The third-order valence-corrected chi connectivity index (χ3v) is 3.91. The molecule has 4 N–H and O–H groups in total. The van der Waals surface area contributed by atoms with Crippen LogP contribution in [0.5, 0.6) is 0 Å². The van der Waals surface area contributed by atoms with Crippen molar-refractivity contribution in [1.29, 1.82) is 0 Å². The van der Waals surface area contributed by atoms with Gasteiger partial charge in [0.05, 0.1) is 26.4 Å². The number of likely N-dealkylation sites (N-methyl/N-ethyl adjacent to an activating group) is 1. The summed E-state index contributed by atoms with van der Waals surface area (Å²) in [6.07, 6.45) is 0.149. The highest BCUT2D eigenvalue weighted by Crippen LogP contribution is 2.03. The predicted octanol–water partition coefficient (Wildman–Crippen LogP) is -0.201. The Balaban J connectivity index is 4.05. The van der Waals surface area contributed by atoms with Gasteiger partial charge in [-0.05, 0) is 12.8 Å². The van der Waals surface area contributed by atoms with E-state index in [1.807, 2.05) is 13.8 Å². The van der Waals surface area contributed by atoms with Crippen molar-refractivity contribution in [2.24, 2.45) is 5.92 Å². The van der Waals surface area contributed by atoms with Gasteiger partial charge >= 0.3 is 0 Å². The molecule has 28 heavy (non-hydrogen) atoms. The summed E-state index contributed by atoms with van der Waals surface area (Å²) in [4.78, 5) is 36.0. The maximum atomic E-state index is 12.3. The van der Waals surface area contributed by atoms with Gasteiger partial charge in [0.15, 0.2) is 0 Å². The highest BCUT2D eigenvalue weighted by Gasteiger charge is 2.26. The third-order valence-electron chi connectivity index (χ3n) is 3.91. The maximum absolute atomic E-state index is 12.3. The summed E-state index contributed by atoms with van der Waals surface area (Å²) < 4.78 is 10.8.